The van der Waals surface area contributed by atoms with Crippen LogP contribution in [0.1, 0.15) is 41.2 Å². The quantitative estimate of drug-likeness (QED) is 0.932. The van der Waals surface area contributed by atoms with E-state index >= 15 is 0 Å². The molecule has 0 saturated heterocycles. The first-order chi connectivity index (χ1) is 9.24. The molecule has 2 N–H and O–H groups in total. The van der Waals surface area contributed by atoms with E-state index in [0.29, 0.717) is 5.92 Å². The first-order valence-electron chi connectivity index (χ1n) is 7.03. The Hall–Kier alpha value is -1.13. The first kappa shape index (κ1) is 12.9. The van der Waals surface area contributed by atoms with Crippen LogP contribution >= 0.6 is 11.3 Å². The molecule has 1 aliphatic rings. The van der Waals surface area contributed by atoms with Gasteiger partial charge in [0.2, 0.25) is 0 Å². The number of fused-ring (bicyclic) bond motifs is 1. The summed E-state index contributed by atoms with van der Waals surface area (Å²) in [6.07, 6.45) is 9.90. The van der Waals surface area contributed by atoms with Crippen molar-refractivity contribution in [2.24, 2.45) is 12.8 Å². The average Bonchev–Trinajstić information content (AvgIpc) is 3.03. The predicted octanol–water partition coefficient (Wildman–Crippen LogP) is 2.86. The topological polar surface area (TPSA) is 43.8 Å². The van der Waals surface area contributed by atoms with Gasteiger partial charge in [-0.15, -0.1) is 11.3 Å². The maximum Gasteiger partial charge on any atom is 0.0521 e. The highest BCUT2D eigenvalue weighted by Crippen LogP contribution is 2.37. The molecule has 0 fully saturated rings. The maximum atomic E-state index is 6.45. The third-order valence-corrected chi connectivity index (χ3v) is 5.14. The summed E-state index contributed by atoms with van der Waals surface area (Å²) in [7, 11) is 1.96. The second kappa shape index (κ2) is 5.47. The van der Waals surface area contributed by atoms with Crippen molar-refractivity contribution in [1.82, 2.24) is 9.78 Å². The molecule has 19 heavy (non-hydrogen) atoms. The zero-order chi connectivity index (χ0) is 13.2. The summed E-state index contributed by atoms with van der Waals surface area (Å²) in [6.45, 7) is 0. The lowest BCUT2D eigenvalue weighted by Gasteiger charge is -2.28. The lowest BCUT2D eigenvalue weighted by Crippen LogP contribution is -2.30. The normalized spacial score (nSPS) is 20.2. The van der Waals surface area contributed by atoms with E-state index in [1.807, 2.05) is 29.3 Å². The Labute approximate surface area is 118 Å². The molecule has 2 aromatic heterocycles. The predicted molar refractivity (Wildman–Crippen MR) is 79.5 cm³/mol. The largest absolute Gasteiger partial charge is 0.327 e. The summed E-state index contributed by atoms with van der Waals surface area (Å²) in [5.74, 6) is 0.562. The van der Waals surface area contributed by atoms with Crippen molar-refractivity contribution >= 4 is 11.3 Å². The Morgan fingerprint density at radius 2 is 2.47 bits per heavy atom. The van der Waals surface area contributed by atoms with Crippen molar-refractivity contribution in [3.05, 3.63) is 39.8 Å². The molecule has 1 aliphatic carbocycles. The minimum absolute atomic E-state index is 0.272. The second-order valence-electron chi connectivity index (χ2n) is 5.52. The van der Waals surface area contributed by atoms with E-state index in [1.54, 1.807) is 4.88 Å². The zero-order valence-electron chi connectivity index (χ0n) is 11.4. The van der Waals surface area contributed by atoms with Crippen LogP contribution in [0.3, 0.4) is 0 Å². The summed E-state index contributed by atoms with van der Waals surface area (Å²) < 4.78 is 1.86. The maximum absolute atomic E-state index is 6.45. The number of hydrogen-bond acceptors (Lipinski definition) is 3. The molecule has 0 aliphatic heterocycles. The Balaban J connectivity index is 1.64. The molecule has 0 amide bonds. The van der Waals surface area contributed by atoms with Gasteiger partial charge < -0.3 is 5.73 Å². The van der Waals surface area contributed by atoms with Gasteiger partial charge in [0.15, 0.2) is 0 Å². The molecule has 3 rings (SSSR count). The molecule has 0 saturated carbocycles. The van der Waals surface area contributed by atoms with Crippen LogP contribution in [0.2, 0.25) is 0 Å². The monoisotopic (exact) mass is 275 g/mol. The highest BCUT2D eigenvalue weighted by atomic mass is 32.1. The van der Waals surface area contributed by atoms with Gasteiger partial charge in [-0.05, 0) is 54.7 Å². The summed E-state index contributed by atoms with van der Waals surface area (Å²) in [5, 5.41) is 6.43. The van der Waals surface area contributed by atoms with Crippen molar-refractivity contribution in [2.75, 3.05) is 0 Å². The lowest BCUT2D eigenvalue weighted by atomic mass is 9.81. The van der Waals surface area contributed by atoms with Gasteiger partial charge in [0.1, 0.15) is 0 Å². The SMILES string of the molecule is Cn1cc(CCC(N)C2CCCc3sccc32)cn1. The Morgan fingerprint density at radius 1 is 1.58 bits per heavy atom. The molecular formula is C15H21N3S. The third-order valence-electron chi connectivity index (χ3n) is 4.14. The molecule has 2 unspecified atom stereocenters. The van der Waals surface area contributed by atoms with E-state index in [-0.39, 0.29) is 6.04 Å². The number of rotatable bonds is 4. The molecule has 0 bridgehead atoms. The van der Waals surface area contributed by atoms with Crippen LogP contribution in [0.25, 0.3) is 0 Å². The van der Waals surface area contributed by atoms with Gasteiger partial charge in [0, 0.05) is 30.1 Å². The van der Waals surface area contributed by atoms with E-state index in [4.69, 9.17) is 5.73 Å². The number of hydrogen-bond donors (Lipinski definition) is 1. The average molecular weight is 275 g/mol. The van der Waals surface area contributed by atoms with Gasteiger partial charge in [-0.2, -0.15) is 5.10 Å². The van der Waals surface area contributed by atoms with Crippen molar-refractivity contribution in [3.8, 4) is 0 Å². The van der Waals surface area contributed by atoms with Crippen LogP contribution in [0.5, 0.6) is 0 Å². The van der Waals surface area contributed by atoms with Crippen molar-refractivity contribution < 1.29 is 0 Å². The summed E-state index contributed by atoms with van der Waals surface area (Å²) in [5.41, 5.74) is 9.27. The standard InChI is InChI=1S/C15H21N3S/c1-18-10-11(9-17-18)5-6-14(16)12-3-2-4-15-13(12)7-8-19-15/h7-10,12,14H,2-6,16H2,1H3. The minimum Gasteiger partial charge on any atom is -0.327 e. The lowest BCUT2D eigenvalue weighted by molar-refractivity contribution is 0.445. The number of aromatic nitrogens is 2. The molecule has 2 atom stereocenters. The molecule has 4 heteroatoms. The fourth-order valence-corrected chi connectivity index (χ4v) is 4.10. The second-order valence-corrected chi connectivity index (χ2v) is 6.52. The molecule has 102 valence electrons. The van der Waals surface area contributed by atoms with Crippen LogP contribution in [0.4, 0.5) is 0 Å². The summed E-state index contributed by atoms with van der Waals surface area (Å²) in [6, 6.07) is 2.56. The van der Waals surface area contributed by atoms with Gasteiger partial charge in [-0.1, -0.05) is 0 Å². The number of nitrogens with zero attached hydrogens (tertiary/aromatic N) is 2. The fourth-order valence-electron chi connectivity index (χ4n) is 3.10. The van der Waals surface area contributed by atoms with Gasteiger partial charge in [0.25, 0.3) is 0 Å². The Kier molecular flexibility index (Phi) is 3.71. The number of thiophene rings is 1. The van der Waals surface area contributed by atoms with Crippen molar-refractivity contribution in [1.29, 1.82) is 0 Å². The Bertz CT molecular complexity index is 543. The van der Waals surface area contributed by atoms with E-state index in [2.05, 4.69) is 22.7 Å². The molecule has 2 aromatic rings. The van der Waals surface area contributed by atoms with E-state index in [1.165, 1.54) is 30.4 Å². The molecule has 0 radical (unpaired) electrons. The van der Waals surface area contributed by atoms with Crippen molar-refractivity contribution in [2.45, 2.75) is 44.1 Å². The van der Waals surface area contributed by atoms with Gasteiger partial charge in [0.05, 0.1) is 6.20 Å². The van der Waals surface area contributed by atoms with Crippen LogP contribution in [0.15, 0.2) is 23.8 Å². The number of nitrogens with two attached hydrogens (primary N) is 1. The Morgan fingerprint density at radius 3 is 3.26 bits per heavy atom. The summed E-state index contributed by atoms with van der Waals surface area (Å²) >= 11 is 1.90. The first-order valence-corrected chi connectivity index (χ1v) is 7.91. The van der Waals surface area contributed by atoms with Crippen LogP contribution in [-0.2, 0) is 19.9 Å². The number of aryl methyl sites for hydroxylation is 3. The minimum atomic E-state index is 0.272. The molecule has 0 spiro atoms. The summed E-state index contributed by atoms with van der Waals surface area (Å²) in [4.78, 5) is 1.56. The van der Waals surface area contributed by atoms with E-state index < -0.39 is 0 Å². The zero-order valence-corrected chi connectivity index (χ0v) is 12.2. The third kappa shape index (κ3) is 2.74. The van der Waals surface area contributed by atoms with Gasteiger partial charge >= 0.3 is 0 Å². The van der Waals surface area contributed by atoms with Crippen LogP contribution in [-0.4, -0.2) is 15.8 Å². The van der Waals surface area contributed by atoms with Crippen LogP contribution < -0.4 is 5.73 Å². The highest BCUT2D eigenvalue weighted by molar-refractivity contribution is 7.10. The van der Waals surface area contributed by atoms with E-state index in [9.17, 15) is 0 Å². The van der Waals surface area contributed by atoms with E-state index in [0.717, 1.165) is 12.8 Å². The van der Waals surface area contributed by atoms with Gasteiger partial charge in [-0.25, -0.2) is 0 Å². The molecule has 0 aromatic carbocycles. The molecule has 3 nitrogen and oxygen atoms in total. The molecule has 2 heterocycles. The highest BCUT2D eigenvalue weighted by Gasteiger charge is 2.26. The smallest absolute Gasteiger partial charge is 0.0521 e. The van der Waals surface area contributed by atoms with Crippen molar-refractivity contribution in [3.63, 3.8) is 0 Å². The van der Waals surface area contributed by atoms with Crippen LogP contribution in [0, 0.1) is 0 Å². The van der Waals surface area contributed by atoms with Gasteiger partial charge in [-0.3, -0.25) is 4.68 Å². The fraction of sp³-hybridized carbons (Fsp3) is 0.533. The molecular weight excluding hydrogens is 254 g/mol.